The molecule has 6 rings (SSSR count). The van der Waals surface area contributed by atoms with E-state index in [4.69, 9.17) is 47.9 Å². The molecule has 6 aliphatic rings. The fourth-order valence-electron chi connectivity index (χ4n) is 6.15. The van der Waals surface area contributed by atoms with Gasteiger partial charge in [0.2, 0.25) is 11.8 Å². The summed E-state index contributed by atoms with van der Waals surface area (Å²) in [4.78, 5) is 52.4. The number of hydrogen-bond donors (Lipinski definition) is 1. The van der Waals surface area contributed by atoms with Gasteiger partial charge in [-0.3, -0.25) is 56.1 Å². The number of phosphoric acid groups is 2. The van der Waals surface area contributed by atoms with Crippen molar-refractivity contribution in [2.24, 2.45) is 10.8 Å². The third kappa shape index (κ3) is 7.67. The predicted molar refractivity (Wildman–Crippen MR) is 168 cm³/mol. The second-order valence-corrected chi connectivity index (χ2v) is 16.3. The molecule has 4 saturated heterocycles. The molecule has 4 fully saturated rings. The summed E-state index contributed by atoms with van der Waals surface area (Å²) in [5, 5.41) is 3.78. The van der Waals surface area contributed by atoms with E-state index in [1.54, 1.807) is 34.6 Å². The Morgan fingerprint density at radius 2 is 1.28 bits per heavy atom. The van der Waals surface area contributed by atoms with Crippen LogP contribution in [0.2, 0.25) is 0 Å². The largest absolute Gasteiger partial charge is 0.475 e. The lowest BCUT2D eigenvalue weighted by molar-refractivity contribution is -0.148. The lowest BCUT2D eigenvalue weighted by atomic mass is 9.92. The highest BCUT2D eigenvalue weighted by atomic mass is 31.2. The van der Waals surface area contributed by atoms with Crippen LogP contribution in [0.5, 0.6) is 0 Å². The molecule has 6 aliphatic heterocycles. The van der Waals surface area contributed by atoms with E-state index in [1.165, 1.54) is 41.3 Å². The SMILES string of the molecule is CC(C)OP1(=O)OC[C@H]2O[C@@H](N3C=CC(=O)CC3=O)[C@](C)(N)[C@@H]2O1.CC(C)OP1(=O)OC[C@H]2O[C@@H](N3C=CC(=O)CC3=O)[C@](C)(N=[N+]=[N-])[C@@H]2O1. The molecule has 2 amide bonds. The molecule has 0 saturated carbocycles. The highest BCUT2D eigenvalue weighted by Gasteiger charge is 2.63. The lowest BCUT2D eigenvalue weighted by Crippen LogP contribution is -2.60. The van der Waals surface area contributed by atoms with Gasteiger partial charge in [-0.25, -0.2) is 9.13 Å². The normalized spacial score (nSPS) is 41.2. The molecule has 22 heteroatoms. The molecule has 276 valence electrons. The Balaban J connectivity index is 0.000000195. The minimum atomic E-state index is -3.87. The van der Waals surface area contributed by atoms with Gasteiger partial charge in [-0.1, -0.05) is 5.11 Å². The predicted octanol–water partition coefficient (Wildman–Crippen LogP) is 2.74. The summed E-state index contributed by atoms with van der Waals surface area (Å²) in [6, 6.07) is 0. The van der Waals surface area contributed by atoms with E-state index in [0.29, 0.717) is 0 Å². The van der Waals surface area contributed by atoms with Gasteiger partial charge in [0.15, 0.2) is 24.0 Å². The molecule has 20 nitrogen and oxygen atoms in total. The van der Waals surface area contributed by atoms with Gasteiger partial charge in [0, 0.05) is 17.3 Å². The number of amides is 2. The molecule has 2 unspecified atom stereocenters. The number of fused-ring (bicyclic) bond motifs is 2. The minimum absolute atomic E-state index is 0.0252. The van der Waals surface area contributed by atoms with Gasteiger partial charge in [-0.05, 0) is 59.2 Å². The van der Waals surface area contributed by atoms with Crippen molar-refractivity contribution in [3.05, 3.63) is 35.0 Å². The van der Waals surface area contributed by atoms with Crippen LogP contribution in [0.3, 0.4) is 0 Å². The Kier molecular flexibility index (Phi) is 11.0. The molecule has 0 aromatic heterocycles. The van der Waals surface area contributed by atoms with Crippen LogP contribution in [-0.2, 0) is 64.9 Å². The van der Waals surface area contributed by atoms with Gasteiger partial charge in [-0.2, -0.15) is 0 Å². The Morgan fingerprint density at radius 1 is 0.840 bits per heavy atom. The molecular formula is C28H40N6O14P2. The van der Waals surface area contributed by atoms with Crippen molar-refractivity contribution in [2.75, 3.05) is 13.2 Å². The number of phosphoric ester groups is 2. The number of allylic oxidation sites excluding steroid dienone is 2. The average Bonchev–Trinajstić information content (AvgIpc) is 3.41. The van der Waals surface area contributed by atoms with Gasteiger partial charge < -0.3 is 15.2 Å². The van der Waals surface area contributed by atoms with Crippen molar-refractivity contribution in [3.63, 3.8) is 0 Å². The molecule has 10 atom stereocenters. The smallest absolute Gasteiger partial charge is 0.349 e. The molecular weight excluding hydrogens is 706 g/mol. The Hall–Kier alpha value is -2.83. The molecule has 6 heterocycles. The summed E-state index contributed by atoms with van der Waals surface area (Å²) in [5.41, 5.74) is 12.8. The van der Waals surface area contributed by atoms with Crippen LogP contribution in [0, 0.1) is 0 Å². The maximum Gasteiger partial charge on any atom is 0.475 e. The highest BCUT2D eigenvalue weighted by molar-refractivity contribution is 7.48. The first-order valence-corrected chi connectivity index (χ1v) is 18.7. The molecule has 0 aromatic rings. The fourth-order valence-corrected chi connectivity index (χ4v) is 9.45. The van der Waals surface area contributed by atoms with Crippen LogP contribution >= 0.6 is 15.6 Å². The monoisotopic (exact) mass is 746 g/mol. The van der Waals surface area contributed by atoms with Gasteiger partial charge in [-0.15, -0.1) is 0 Å². The summed E-state index contributed by atoms with van der Waals surface area (Å²) >= 11 is 0. The highest BCUT2D eigenvalue weighted by Crippen LogP contribution is 2.60. The Labute approximate surface area is 287 Å². The van der Waals surface area contributed by atoms with E-state index in [0.717, 1.165) is 0 Å². The second-order valence-electron chi connectivity index (χ2n) is 13.2. The maximum absolute atomic E-state index is 12.7. The van der Waals surface area contributed by atoms with E-state index in [2.05, 4.69) is 10.0 Å². The molecule has 50 heavy (non-hydrogen) atoms. The molecule has 0 radical (unpaired) electrons. The number of rotatable bonds is 7. The number of nitrogens with zero attached hydrogens (tertiary/aromatic N) is 5. The Morgan fingerprint density at radius 3 is 1.74 bits per heavy atom. The number of carbonyl (C=O) groups is 4. The van der Waals surface area contributed by atoms with Crippen molar-refractivity contribution < 1.29 is 64.9 Å². The number of carbonyl (C=O) groups excluding carboxylic acids is 4. The lowest BCUT2D eigenvalue weighted by Gasteiger charge is -2.38. The van der Waals surface area contributed by atoms with Crippen molar-refractivity contribution in [1.82, 2.24) is 9.80 Å². The van der Waals surface area contributed by atoms with E-state index >= 15 is 0 Å². The standard InChI is InChI=1S/C14H19N4O7P.C14H21N2O7P/c1-8(2)24-26(21)22-7-10-12(25-26)14(3,16-17-15)13(23-10)18-5-4-9(19)6-11(18)20;1-8(2)22-24(19)20-7-10-12(23-24)14(3,15)13(21-10)16-5-4-9(17)6-11(16)18/h4-5,8,10,12-13H,6-7H2,1-3H3;4-5,8,10,12-13H,6-7,15H2,1-3H3/t10-,12-,13-,14-,26?;10-,12-,13-,14-,24?/m11/s1. The topological polar surface area (TPSA) is 258 Å². The second kappa shape index (κ2) is 14.3. The molecule has 0 spiro atoms. The number of ether oxygens (including phenoxy) is 2. The van der Waals surface area contributed by atoms with Crippen molar-refractivity contribution in [3.8, 4) is 0 Å². The third-order valence-corrected chi connectivity index (χ3v) is 11.6. The number of ketones is 2. The number of azide groups is 1. The maximum atomic E-state index is 12.7. The zero-order valence-corrected chi connectivity index (χ0v) is 30.0. The van der Waals surface area contributed by atoms with Crippen LogP contribution in [-0.4, -0.2) is 107 Å². The van der Waals surface area contributed by atoms with E-state index in [1.807, 2.05) is 0 Å². The average molecular weight is 747 g/mol. The third-order valence-electron chi connectivity index (χ3n) is 8.30. The molecule has 2 N–H and O–H groups in total. The van der Waals surface area contributed by atoms with E-state index < -0.39 is 81.5 Å². The summed E-state index contributed by atoms with van der Waals surface area (Å²) in [6.45, 7) is 9.80. The van der Waals surface area contributed by atoms with Gasteiger partial charge >= 0.3 is 15.6 Å². The summed E-state index contributed by atoms with van der Waals surface area (Å²) in [5.74, 6) is -1.52. The Bertz CT molecular complexity index is 1610. The zero-order chi connectivity index (χ0) is 36.8. The zero-order valence-electron chi connectivity index (χ0n) is 28.2. The van der Waals surface area contributed by atoms with E-state index in [9.17, 15) is 28.3 Å². The minimum Gasteiger partial charge on any atom is -0.349 e. The summed E-state index contributed by atoms with van der Waals surface area (Å²) < 4.78 is 68.9. The van der Waals surface area contributed by atoms with Crippen LogP contribution < -0.4 is 5.73 Å². The quantitative estimate of drug-likeness (QED) is 0.129. The first-order chi connectivity index (χ1) is 23.3. The summed E-state index contributed by atoms with van der Waals surface area (Å²) in [6.07, 6.45) is -1.12. The van der Waals surface area contributed by atoms with Crippen molar-refractivity contribution >= 4 is 39.0 Å². The van der Waals surface area contributed by atoms with Gasteiger partial charge in [0.05, 0.1) is 43.8 Å². The first kappa shape index (κ1) is 38.4. The summed E-state index contributed by atoms with van der Waals surface area (Å²) in [7, 11) is -7.62. The van der Waals surface area contributed by atoms with Crippen LogP contribution in [0.1, 0.15) is 54.4 Å². The van der Waals surface area contributed by atoms with E-state index in [-0.39, 0.29) is 43.7 Å². The number of nitrogens with two attached hydrogens (primary N) is 1. The van der Waals surface area contributed by atoms with Crippen LogP contribution in [0.4, 0.5) is 0 Å². The van der Waals surface area contributed by atoms with Gasteiger partial charge in [0.25, 0.3) is 0 Å². The molecule has 0 aromatic carbocycles. The van der Waals surface area contributed by atoms with Crippen LogP contribution in [0.15, 0.2) is 29.7 Å². The molecule has 0 bridgehead atoms. The van der Waals surface area contributed by atoms with Gasteiger partial charge in [0.1, 0.15) is 30.0 Å². The van der Waals surface area contributed by atoms with Crippen LogP contribution in [0.25, 0.3) is 10.4 Å². The van der Waals surface area contributed by atoms with Crippen molar-refractivity contribution in [1.29, 1.82) is 0 Å². The van der Waals surface area contributed by atoms with Crippen molar-refractivity contribution in [2.45, 2.75) is 115 Å². The fraction of sp³-hybridized carbons (Fsp3) is 0.714. The number of hydrogen-bond acceptors (Lipinski definition) is 16. The molecule has 0 aliphatic carbocycles. The first-order valence-electron chi connectivity index (χ1n) is 15.7.